The molecule has 0 aliphatic rings. The molecule has 110 valence electrons. The zero-order valence-corrected chi connectivity index (χ0v) is 12.0. The molecule has 2 N–H and O–H groups in total. The molecule has 0 saturated carbocycles. The number of nitrogens with zero attached hydrogens (tertiary/aromatic N) is 1. The van der Waals surface area contributed by atoms with Crippen LogP contribution in [0.2, 0.25) is 0 Å². The van der Waals surface area contributed by atoms with Crippen LogP contribution in [0.5, 0.6) is 0 Å². The van der Waals surface area contributed by atoms with Crippen LogP contribution in [0.3, 0.4) is 0 Å². The highest BCUT2D eigenvalue weighted by atomic mass is 19.4. The van der Waals surface area contributed by atoms with Crippen molar-refractivity contribution in [3.63, 3.8) is 0 Å². The molecule has 2 nitrogen and oxygen atoms in total. The number of fused-ring (bicyclic) bond motifs is 1. The Balaban J connectivity index is 2.93. The van der Waals surface area contributed by atoms with Gasteiger partial charge in [-0.1, -0.05) is 6.07 Å². The quantitative estimate of drug-likeness (QED) is 0.868. The first-order valence-corrected chi connectivity index (χ1v) is 6.53. The van der Waals surface area contributed by atoms with E-state index in [1.54, 1.807) is 26.1 Å². The first kappa shape index (κ1) is 14.9. The third kappa shape index (κ3) is 2.42. The molecule has 0 atom stereocenters. The largest absolute Gasteiger partial charge is 0.417 e. The summed E-state index contributed by atoms with van der Waals surface area (Å²) in [6, 6.07) is 4.33. The molecule has 1 aromatic heterocycles. The van der Waals surface area contributed by atoms with E-state index in [0.717, 1.165) is 6.07 Å². The van der Waals surface area contributed by atoms with Crippen molar-refractivity contribution in [2.24, 2.45) is 5.73 Å². The Morgan fingerprint density at radius 2 is 1.70 bits per heavy atom. The van der Waals surface area contributed by atoms with Gasteiger partial charge in [0.05, 0.1) is 5.56 Å². The van der Waals surface area contributed by atoms with E-state index in [-0.39, 0.29) is 11.4 Å². The van der Waals surface area contributed by atoms with Gasteiger partial charge in [-0.3, -0.25) is 0 Å². The van der Waals surface area contributed by atoms with Crippen LogP contribution in [0.4, 0.5) is 13.2 Å². The molecule has 1 aromatic carbocycles. The molecule has 2 rings (SSSR count). The van der Waals surface area contributed by atoms with Gasteiger partial charge in [-0.05, 0) is 45.4 Å². The second-order valence-electron chi connectivity index (χ2n) is 5.96. The van der Waals surface area contributed by atoms with Crippen LogP contribution >= 0.6 is 0 Å². The van der Waals surface area contributed by atoms with Crippen molar-refractivity contribution in [3.8, 4) is 0 Å². The van der Waals surface area contributed by atoms with Crippen LogP contribution in [0.15, 0.2) is 24.4 Å². The standard InChI is InChI=1S/C15H19F3N2/c1-9(2)20-8-11(14(3,4)19)13-10(15(16,17)18)6-5-7-12(13)20/h5-9H,19H2,1-4H3. The Morgan fingerprint density at radius 3 is 2.15 bits per heavy atom. The summed E-state index contributed by atoms with van der Waals surface area (Å²) in [5, 5.41) is 0.209. The van der Waals surface area contributed by atoms with Gasteiger partial charge in [-0.25, -0.2) is 0 Å². The Bertz CT molecular complexity index is 631. The minimum Gasteiger partial charge on any atom is -0.345 e. The summed E-state index contributed by atoms with van der Waals surface area (Å²) in [4.78, 5) is 0. The van der Waals surface area contributed by atoms with Crippen LogP contribution in [0, 0.1) is 0 Å². The van der Waals surface area contributed by atoms with E-state index in [2.05, 4.69) is 0 Å². The molecule has 0 saturated heterocycles. The van der Waals surface area contributed by atoms with Crippen molar-refractivity contribution in [2.45, 2.75) is 45.5 Å². The van der Waals surface area contributed by atoms with Crippen molar-refractivity contribution in [2.75, 3.05) is 0 Å². The second kappa shape index (κ2) is 4.52. The number of alkyl halides is 3. The second-order valence-corrected chi connectivity index (χ2v) is 5.96. The lowest BCUT2D eigenvalue weighted by molar-refractivity contribution is -0.136. The van der Waals surface area contributed by atoms with Crippen molar-refractivity contribution >= 4 is 10.9 Å². The van der Waals surface area contributed by atoms with E-state index in [4.69, 9.17) is 5.73 Å². The lowest BCUT2D eigenvalue weighted by Gasteiger charge is -2.19. The average Bonchev–Trinajstić information content (AvgIpc) is 2.65. The molecule has 1 heterocycles. The van der Waals surface area contributed by atoms with Crippen molar-refractivity contribution in [1.82, 2.24) is 4.57 Å². The van der Waals surface area contributed by atoms with E-state index < -0.39 is 17.3 Å². The summed E-state index contributed by atoms with van der Waals surface area (Å²) in [5.41, 5.74) is 5.71. The highest BCUT2D eigenvalue weighted by Crippen LogP contribution is 2.40. The van der Waals surface area contributed by atoms with Gasteiger partial charge in [0, 0.05) is 28.7 Å². The highest BCUT2D eigenvalue weighted by molar-refractivity contribution is 5.89. The van der Waals surface area contributed by atoms with E-state index >= 15 is 0 Å². The smallest absolute Gasteiger partial charge is 0.345 e. The first-order chi connectivity index (χ1) is 9.03. The maximum Gasteiger partial charge on any atom is 0.417 e. The fourth-order valence-electron chi connectivity index (χ4n) is 2.46. The van der Waals surface area contributed by atoms with Crippen LogP contribution < -0.4 is 5.73 Å². The monoisotopic (exact) mass is 284 g/mol. The first-order valence-electron chi connectivity index (χ1n) is 6.53. The lowest BCUT2D eigenvalue weighted by Crippen LogP contribution is -2.28. The Kier molecular flexibility index (Phi) is 3.37. The van der Waals surface area contributed by atoms with E-state index in [1.807, 2.05) is 18.4 Å². The third-order valence-electron chi connectivity index (χ3n) is 3.41. The summed E-state index contributed by atoms with van der Waals surface area (Å²) in [7, 11) is 0. The van der Waals surface area contributed by atoms with E-state index in [0.29, 0.717) is 11.1 Å². The zero-order valence-electron chi connectivity index (χ0n) is 12.0. The van der Waals surface area contributed by atoms with Gasteiger partial charge in [0.1, 0.15) is 0 Å². The molecule has 0 amide bonds. The van der Waals surface area contributed by atoms with Crippen molar-refractivity contribution < 1.29 is 13.2 Å². The van der Waals surface area contributed by atoms with Crippen LogP contribution in [0.1, 0.15) is 44.9 Å². The topological polar surface area (TPSA) is 30.9 Å². The molecular formula is C15H19F3N2. The summed E-state index contributed by atoms with van der Waals surface area (Å²) in [5.74, 6) is 0. The summed E-state index contributed by atoms with van der Waals surface area (Å²) in [6.07, 6.45) is -2.65. The summed E-state index contributed by atoms with van der Waals surface area (Å²) >= 11 is 0. The molecular weight excluding hydrogens is 265 g/mol. The Hall–Kier alpha value is -1.49. The number of hydrogen-bond acceptors (Lipinski definition) is 1. The predicted octanol–water partition coefficient (Wildman–Crippen LogP) is 4.43. The molecule has 0 spiro atoms. The average molecular weight is 284 g/mol. The fourth-order valence-corrected chi connectivity index (χ4v) is 2.46. The van der Waals surface area contributed by atoms with E-state index in [9.17, 15) is 13.2 Å². The SMILES string of the molecule is CC(C)n1cc(C(C)(C)N)c2c(C(F)(F)F)cccc21. The molecule has 20 heavy (non-hydrogen) atoms. The molecule has 0 fully saturated rings. The highest BCUT2D eigenvalue weighted by Gasteiger charge is 2.36. The van der Waals surface area contributed by atoms with E-state index in [1.165, 1.54) is 6.07 Å². The van der Waals surface area contributed by atoms with Crippen molar-refractivity contribution in [1.29, 1.82) is 0 Å². The van der Waals surface area contributed by atoms with Gasteiger partial charge in [-0.15, -0.1) is 0 Å². The van der Waals surface area contributed by atoms with Crippen LogP contribution in [-0.4, -0.2) is 4.57 Å². The third-order valence-corrected chi connectivity index (χ3v) is 3.41. The van der Waals surface area contributed by atoms with Crippen LogP contribution in [0.25, 0.3) is 10.9 Å². The fraction of sp³-hybridized carbons (Fsp3) is 0.467. The number of nitrogens with two attached hydrogens (primary N) is 1. The molecule has 0 aliphatic heterocycles. The minimum atomic E-state index is -4.39. The summed E-state index contributed by atoms with van der Waals surface area (Å²) < 4.78 is 41.6. The Labute approximate surface area is 116 Å². The molecule has 2 aromatic rings. The normalized spacial score (nSPS) is 13.4. The number of rotatable bonds is 2. The van der Waals surface area contributed by atoms with Gasteiger partial charge in [0.2, 0.25) is 0 Å². The lowest BCUT2D eigenvalue weighted by atomic mass is 9.93. The van der Waals surface area contributed by atoms with Crippen LogP contribution in [-0.2, 0) is 11.7 Å². The minimum absolute atomic E-state index is 0.0667. The number of aromatic nitrogens is 1. The van der Waals surface area contributed by atoms with Gasteiger partial charge < -0.3 is 10.3 Å². The molecule has 0 bridgehead atoms. The summed E-state index contributed by atoms with van der Waals surface area (Å²) in [6.45, 7) is 7.32. The molecule has 5 heteroatoms. The predicted molar refractivity (Wildman–Crippen MR) is 74.5 cm³/mol. The molecule has 0 unspecified atom stereocenters. The zero-order chi connectivity index (χ0) is 15.3. The number of benzene rings is 1. The maximum atomic E-state index is 13.2. The van der Waals surface area contributed by atoms with Gasteiger partial charge in [0.15, 0.2) is 0 Å². The van der Waals surface area contributed by atoms with Gasteiger partial charge in [0.25, 0.3) is 0 Å². The maximum absolute atomic E-state index is 13.2. The van der Waals surface area contributed by atoms with Gasteiger partial charge in [-0.2, -0.15) is 13.2 Å². The Morgan fingerprint density at radius 1 is 1.10 bits per heavy atom. The van der Waals surface area contributed by atoms with Gasteiger partial charge >= 0.3 is 6.18 Å². The molecule has 0 radical (unpaired) electrons. The van der Waals surface area contributed by atoms with Crippen molar-refractivity contribution in [3.05, 3.63) is 35.5 Å². The number of hydrogen-bond donors (Lipinski definition) is 1. The number of halogens is 3. The molecule has 0 aliphatic carbocycles.